The molecule has 2 aliphatic rings. The van der Waals surface area contributed by atoms with Crippen molar-refractivity contribution in [2.75, 3.05) is 19.3 Å². The van der Waals surface area contributed by atoms with E-state index in [1.807, 2.05) is 0 Å². The Hall–Kier alpha value is -2.36. The van der Waals surface area contributed by atoms with E-state index in [0.29, 0.717) is 10.8 Å². The van der Waals surface area contributed by atoms with Crippen LogP contribution >= 0.6 is 0 Å². The number of likely N-dealkylation sites (tertiary alicyclic amines) is 1. The zero-order valence-corrected chi connectivity index (χ0v) is 20.1. The van der Waals surface area contributed by atoms with Crippen LogP contribution in [0.25, 0.3) is 0 Å². The predicted octanol–water partition coefficient (Wildman–Crippen LogP) is 3.66. The van der Waals surface area contributed by atoms with Crippen molar-refractivity contribution in [3.05, 3.63) is 12.4 Å². The summed E-state index contributed by atoms with van der Waals surface area (Å²) in [6, 6.07) is 0. The first kappa shape index (κ1) is 29.9. The number of hydrogen-bond donors (Lipinski definition) is 1. The molecule has 0 radical (unpaired) electrons. The third kappa shape index (κ3) is 9.59. The highest BCUT2D eigenvalue weighted by molar-refractivity contribution is 7.90. The quantitative estimate of drug-likeness (QED) is 0.564. The fourth-order valence-corrected chi connectivity index (χ4v) is 3.94. The van der Waals surface area contributed by atoms with Gasteiger partial charge in [0.2, 0.25) is 5.88 Å². The molecule has 206 valence electrons. The van der Waals surface area contributed by atoms with Gasteiger partial charge in [-0.2, -0.15) is 26.3 Å². The zero-order valence-electron chi connectivity index (χ0n) is 19.3. The highest BCUT2D eigenvalue weighted by Crippen LogP contribution is 2.36. The summed E-state index contributed by atoms with van der Waals surface area (Å²) in [5, 5.41) is 9.09. The van der Waals surface area contributed by atoms with Crippen LogP contribution in [0.1, 0.15) is 44.9 Å². The Kier molecular flexibility index (Phi) is 10.2. The second kappa shape index (κ2) is 12.3. The summed E-state index contributed by atoms with van der Waals surface area (Å²) in [6.07, 6.45) is -8.19. The van der Waals surface area contributed by atoms with Crippen molar-refractivity contribution in [2.45, 2.75) is 80.6 Å². The maximum Gasteiger partial charge on any atom is 0.434 e. The summed E-state index contributed by atoms with van der Waals surface area (Å²) in [4.78, 5) is 19.8. The second-order valence-electron chi connectivity index (χ2n) is 8.41. The monoisotopic (exact) mass is 551 g/mol. The Balaban J connectivity index is 0.000000255. The number of aromatic nitrogens is 2. The fourth-order valence-electron chi connectivity index (χ4n) is 3.45. The number of carbonyl (C=O) groups excluding carboxylic acids is 1. The number of carbonyl (C=O) groups is 1. The Morgan fingerprint density at radius 3 is 2.00 bits per heavy atom. The molecule has 1 N–H and O–H groups in total. The standard InChI is InChI=1S/C11H16N2O3S.C9H11F6NO3/c1-17(14,15)11-8-12-10(7-13-11)16-9-5-3-2-4-6-9;10-8(11,12)6(9(13,14)15)19-7(18)16-3-1-5(17)2-4-16/h7-9H,2-6H2,1H3;5-6,17H,1-4H2. The number of nitrogens with zero attached hydrogens (tertiary/aromatic N) is 3. The van der Waals surface area contributed by atoms with Gasteiger partial charge >= 0.3 is 18.4 Å². The van der Waals surface area contributed by atoms with E-state index in [1.165, 1.54) is 31.7 Å². The molecule has 36 heavy (non-hydrogen) atoms. The molecule has 0 atom stereocenters. The predicted molar refractivity (Wildman–Crippen MR) is 112 cm³/mol. The second-order valence-corrected chi connectivity index (χ2v) is 10.4. The van der Waals surface area contributed by atoms with Gasteiger partial charge < -0.3 is 19.5 Å². The van der Waals surface area contributed by atoms with Gasteiger partial charge in [0.1, 0.15) is 6.10 Å². The van der Waals surface area contributed by atoms with Gasteiger partial charge in [0, 0.05) is 19.3 Å². The lowest BCUT2D eigenvalue weighted by molar-refractivity contribution is -0.308. The lowest BCUT2D eigenvalue weighted by Crippen LogP contribution is -2.49. The summed E-state index contributed by atoms with van der Waals surface area (Å²) in [7, 11) is -3.28. The highest BCUT2D eigenvalue weighted by atomic mass is 32.2. The number of halogens is 6. The first-order valence-electron chi connectivity index (χ1n) is 11.0. The van der Waals surface area contributed by atoms with E-state index in [2.05, 4.69) is 14.7 Å². The van der Waals surface area contributed by atoms with E-state index < -0.39 is 40.5 Å². The van der Waals surface area contributed by atoms with Gasteiger partial charge in [0.05, 0.1) is 18.5 Å². The van der Waals surface area contributed by atoms with Crippen LogP contribution in [0.4, 0.5) is 31.1 Å². The zero-order chi connectivity index (χ0) is 27.1. The minimum absolute atomic E-state index is 0.0199. The van der Waals surface area contributed by atoms with E-state index in [0.717, 1.165) is 19.1 Å². The first-order chi connectivity index (χ1) is 16.6. The molecule has 1 saturated heterocycles. The molecule has 9 nitrogen and oxygen atoms in total. The minimum Gasteiger partial charge on any atom is -0.473 e. The lowest BCUT2D eigenvalue weighted by atomic mass is 9.98. The van der Waals surface area contributed by atoms with Crippen LogP contribution in [-0.2, 0) is 14.6 Å². The van der Waals surface area contributed by atoms with Gasteiger partial charge in [-0.3, -0.25) is 0 Å². The number of rotatable bonds is 4. The maximum atomic E-state index is 12.1. The number of alkyl halides is 6. The molecule has 3 rings (SSSR count). The number of sulfone groups is 1. The molecular weight excluding hydrogens is 524 g/mol. The van der Waals surface area contributed by atoms with Crippen molar-refractivity contribution in [1.82, 2.24) is 14.9 Å². The van der Waals surface area contributed by atoms with Gasteiger partial charge in [-0.05, 0) is 38.5 Å². The molecule has 1 aliphatic heterocycles. The summed E-state index contributed by atoms with van der Waals surface area (Å²) >= 11 is 0. The maximum absolute atomic E-state index is 12.1. The first-order valence-corrected chi connectivity index (χ1v) is 12.9. The molecule has 1 aromatic rings. The van der Waals surface area contributed by atoms with E-state index in [4.69, 9.17) is 9.84 Å². The number of amides is 1. The third-order valence-electron chi connectivity index (χ3n) is 5.36. The molecule has 1 aromatic heterocycles. The highest BCUT2D eigenvalue weighted by Gasteiger charge is 2.60. The van der Waals surface area contributed by atoms with E-state index in [1.54, 1.807) is 0 Å². The molecule has 1 saturated carbocycles. The Labute approximate surface area is 203 Å². The van der Waals surface area contributed by atoms with Crippen molar-refractivity contribution >= 4 is 15.9 Å². The van der Waals surface area contributed by atoms with E-state index >= 15 is 0 Å². The van der Waals surface area contributed by atoms with Gasteiger partial charge in [0.15, 0.2) is 14.9 Å². The number of aliphatic hydroxyl groups excluding tert-OH is 1. The molecule has 1 aliphatic carbocycles. The Bertz CT molecular complexity index is 930. The van der Waals surface area contributed by atoms with Crippen LogP contribution in [0.5, 0.6) is 5.88 Å². The van der Waals surface area contributed by atoms with Crippen LogP contribution in [0.2, 0.25) is 0 Å². The van der Waals surface area contributed by atoms with Gasteiger partial charge in [0.25, 0.3) is 6.10 Å². The number of piperidine rings is 1. The fraction of sp³-hybridized carbons (Fsp3) is 0.750. The van der Waals surface area contributed by atoms with Gasteiger partial charge in [-0.25, -0.2) is 23.2 Å². The summed E-state index contributed by atoms with van der Waals surface area (Å²) < 4.78 is 104. The molecule has 0 aromatic carbocycles. The van der Waals surface area contributed by atoms with Crippen molar-refractivity contribution in [3.63, 3.8) is 0 Å². The van der Waals surface area contributed by atoms with Gasteiger partial charge in [-0.15, -0.1) is 0 Å². The third-order valence-corrected chi connectivity index (χ3v) is 6.33. The largest absolute Gasteiger partial charge is 0.473 e. The smallest absolute Gasteiger partial charge is 0.434 e. The minimum atomic E-state index is -5.72. The molecule has 2 heterocycles. The summed E-state index contributed by atoms with van der Waals surface area (Å²) in [5.41, 5.74) is 0. The average molecular weight is 552 g/mol. The molecule has 0 unspecified atom stereocenters. The SMILES string of the molecule is CS(=O)(=O)c1cnc(OC2CCCCC2)cn1.O=C(OC(C(F)(F)F)C(F)(F)F)N1CCC(O)CC1. The van der Waals surface area contributed by atoms with Crippen LogP contribution in [0, 0.1) is 0 Å². The molecular formula is C20H27F6N3O6S. The number of hydrogen-bond acceptors (Lipinski definition) is 8. The Morgan fingerprint density at radius 1 is 1.00 bits per heavy atom. The normalized spacial score (nSPS) is 18.4. The van der Waals surface area contributed by atoms with Crippen LogP contribution < -0.4 is 4.74 Å². The van der Waals surface area contributed by atoms with Crippen LogP contribution in [0.3, 0.4) is 0 Å². The summed E-state index contributed by atoms with van der Waals surface area (Å²) in [5.74, 6) is 0.407. The molecule has 0 bridgehead atoms. The molecule has 0 spiro atoms. The molecule has 2 fully saturated rings. The Morgan fingerprint density at radius 2 is 1.56 bits per heavy atom. The molecule has 16 heteroatoms. The lowest BCUT2D eigenvalue weighted by Gasteiger charge is -2.31. The van der Waals surface area contributed by atoms with E-state index in [-0.39, 0.29) is 37.1 Å². The summed E-state index contributed by atoms with van der Waals surface area (Å²) in [6.45, 7) is -0.301. The van der Waals surface area contributed by atoms with Crippen molar-refractivity contribution in [2.24, 2.45) is 0 Å². The number of ether oxygens (including phenoxy) is 2. The van der Waals surface area contributed by atoms with Crippen molar-refractivity contribution in [1.29, 1.82) is 0 Å². The van der Waals surface area contributed by atoms with Gasteiger partial charge in [-0.1, -0.05) is 6.42 Å². The van der Waals surface area contributed by atoms with E-state index in [9.17, 15) is 39.6 Å². The van der Waals surface area contributed by atoms with Crippen molar-refractivity contribution in [3.8, 4) is 5.88 Å². The van der Waals surface area contributed by atoms with Crippen LogP contribution in [-0.4, -0.2) is 84.5 Å². The number of aliphatic hydroxyl groups is 1. The van der Waals surface area contributed by atoms with Crippen molar-refractivity contribution < 1.29 is 54.1 Å². The van der Waals surface area contributed by atoms with Crippen LogP contribution in [0.15, 0.2) is 17.4 Å². The molecule has 1 amide bonds. The topological polar surface area (TPSA) is 119 Å². The average Bonchev–Trinajstić information content (AvgIpc) is 2.77.